The van der Waals surface area contributed by atoms with Gasteiger partial charge in [-0.2, -0.15) is 0 Å². The quantitative estimate of drug-likeness (QED) is 0.379. The second-order valence-corrected chi connectivity index (χ2v) is 20.5. The van der Waals surface area contributed by atoms with Gasteiger partial charge in [0.2, 0.25) is 0 Å². The lowest BCUT2D eigenvalue weighted by atomic mass is 9.87. The molecule has 0 aliphatic heterocycles. The van der Waals surface area contributed by atoms with Crippen molar-refractivity contribution >= 4 is 33.5 Å². The van der Waals surface area contributed by atoms with Crippen molar-refractivity contribution in [2.24, 2.45) is 0 Å². The summed E-state index contributed by atoms with van der Waals surface area (Å²) in [6, 6.07) is 1.14. The third kappa shape index (κ3) is 9.64. The highest BCUT2D eigenvalue weighted by molar-refractivity contribution is 6.94. The fourth-order valence-electron chi connectivity index (χ4n) is 3.66. The third-order valence-electron chi connectivity index (χ3n) is 4.10. The van der Waals surface area contributed by atoms with Gasteiger partial charge >= 0.3 is 0 Å². The van der Waals surface area contributed by atoms with Gasteiger partial charge in [-0.25, -0.2) is 0 Å². The maximum atomic E-state index is 12.1. The zero-order valence-corrected chi connectivity index (χ0v) is 18.9. The molecule has 0 aromatic carbocycles. The molecule has 0 unspecified atom stereocenters. The normalized spacial score (nSPS) is 13.0. The Balaban J connectivity index is 4.81. The molecule has 0 radical (unpaired) electrons. The van der Waals surface area contributed by atoms with Gasteiger partial charge in [-0.15, -0.1) is 0 Å². The third-order valence-corrected chi connectivity index (χ3v) is 13.9. The first-order valence-electron chi connectivity index (χ1n) is 8.83. The summed E-state index contributed by atoms with van der Waals surface area (Å²) in [7, 11) is -2.34. The summed E-state index contributed by atoms with van der Waals surface area (Å²) in [5.41, 5.74) is 0.112. The Kier molecular flexibility index (Phi) is 8.97. The van der Waals surface area contributed by atoms with E-state index in [2.05, 4.69) is 32.7 Å². The number of ketones is 3. The van der Waals surface area contributed by atoms with E-state index in [0.717, 1.165) is 12.5 Å². The number of ether oxygens (including phenoxy) is 1. The summed E-state index contributed by atoms with van der Waals surface area (Å²) in [4.78, 5) is 35.2. The number of carbonyl (C=O) groups excluding carboxylic acids is 3. The molecule has 0 aliphatic rings. The average Bonchev–Trinajstić information content (AvgIpc) is 2.29. The van der Waals surface area contributed by atoms with Crippen LogP contribution in [-0.4, -0.2) is 45.7 Å². The van der Waals surface area contributed by atoms with Crippen molar-refractivity contribution in [2.45, 2.75) is 90.1 Å². The number of rotatable bonds is 12. The molecule has 24 heavy (non-hydrogen) atoms. The van der Waals surface area contributed by atoms with Crippen molar-refractivity contribution in [2.75, 3.05) is 6.61 Å². The first-order valence-corrected chi connectivity index (χ1v) is 16.0. The van der Waals surface area contributed by atoms with E-state index in [1.165, 1.54) is 26.4 Å². The molecule has 4 nitrogen and oxygen atoms in total. The molecule has 0 aromatic heterocycles. The standard InChI is InChI=1S/C18H36O4Si2/c1-15(19)12-18(17(3)21,13-16(2)20)22-10-9-11-24(7,8)14-23(4,5)6/h9-14H2,1-8H3. The molecule has 0 amide bonds. The molecule has 0 rings (SSSR count). The van der Waals surface area contributed by atoms with Crippen LogP contribution in [0.2, 0.25) is 44.4 Å². The zero-order valence-electron chi connectivity index (χ0n) is 16.9. The summed E-state index contributed by atoms with van der Waals surface area (Å²) >= 11 is 0. The van der Waals surface area contributed by atoms with Gasteiger partial charge in [0, 0.05) is 35.6 Å². The van der Waals surface area contributed by atoms with Gasteiger partial charge < -0.3 is 4.74 Å². The molecule has 6 heteroatoms. The van der Waals surface area contributed by atoms with Crippen molar-refractivity contribution in [1.82, 2.24) is 0 Å². The minimum absolute atomic E-state index is 0.0162. The van der Waals surface area contributed by atoms with Gasteiger partial charge in [-0.3, -0.25) is 14.4 Å². The molecule has 140 valence electrons. The SMILES string of the molecule is CC(=O)CC(CC(C)=O)(OCCC[Si](C)(C)C[Si](C)(C)C)C(C)=O. The Labute approximate surface area is 149 Å². The van der Waals surface area contributed by atoms with Crippen LogP contribution in [0.3, 0.4) is 0 Å². The minimum Gasteiger partial charge on any atom is -0.366 e. The van der Waals surface area contributed by atoms with Crippen LogP contribution >= 0.6 is 0 Å². The second-order valence-electron chi connectivity index (χ2n) is 9.16. The molecule has 0 heterocycles. The zero-order chi connectivity index (χ0) is 19.2. The van der Waals surface area contributed by atoms with Crippen molar-refractivity contribution in [3.63, 3.8) is 0 Å². The van der Waals surface area contributed by atoms with Crippen molar-refractivity contribution in [3.8, 4) is 0 Å². The maximum absolute atomic E-state index is 12.1. The lowest BCUT2D eigenvalue weighted by molar-refractivity contribution is -0.152. The fraction of sp³-hybridized carbons (Fsp3) is 0.833. The van der Waals surface area contributed by atoms with Crippen LogP contribution in [-0.2, 0) is 19.1 Å². The average molecular weight is 373 g/mol. The summed E-state index contributed by atoms with van der Waals surface area (Å²) in [6.45, 7) is 16.7. The van der Waals surface area contributed by atoms with E-state index in [9.17, 15) is 14.4 Å². The van der Waals surface area contributed by atoms with Gasteiger partial charge in [-0.05, 0) is 27.2 Å². The van der Waals surface area contributed by atoms with Crippen molar-refractivity contribution in [3.05, 3.63) is 0 Å². The van der Waals surface area contributed by atoms with Gasteiger partial charge in [0.15, 0.2) is 5.78 Å². The van der Waals surface area contributed by atoms with E-state index in [1.54, 1.807) is 0 Å². The second kappa shape index (κ2) is 9.20. The van der Waals surface area contributed by atoms with Crippen LogP contribution in [0, 0.1) is 0 Å². The summed E-state index contributed by atoms with van der Waals surface area (Å²) in [6.07, 6.45) is 0.851. The molecule has 0 N–H and O–H groups in total. The molecule has 0 aliphatic carbocycles. The van der Waals surface area contributed by atoms with E-state index in [1.807, 2.05) is 0 Å². The Morgan fingerprint density at radius 3 is 1.67 bits per heavy atom. The summed E-state index contributed by atoms with van der Waals surface area (Å²) in [5, 5.41) is 0. The first kappa shape index (κ1) is 23.4. The van der Waals surface area contributed by atoms with E-state index >= 15 is 0 Å². The van der Waals surface area contributed by atoms with E-state index in [-0.39, 0.29) is 30.2 Å². The van der Waals surface area contributed by atoms with Crippen LogP contribution in [0.4, 0.5) is 0 Å². The molecule has 0 aromatic rings. The lowest BCUT2D eigenvalue weighted by Gasteiger charge is -2.32. The molecule has 0 spiro atoms. The largest absolute Gasteiger partial charge is 0.366 e. The summed E-state index contributed by atoms with van der Waals surface area (Å²) in [5.74, 6) is -0.480. The van der Waals surface area contributed by atoms with Crippen molar-refractivity contribution in [1.29, 1.82) is 0 Å². The topological polar surface area (TPSA) is 60.4 Å². The Hall–Kier alpha value is -0.596. The maximum Gasteiger partial charge on any atom is 0.162 e. The number of carbonyl (C=O) groups is 3. The van der Waals surface area contributed by atoms with Crippen LogP contribution in [0.25, 0.3) is 0 Å². The molecular formula is C18H36O4Si2. The van der Waals surface area contributed by atoms with Gasteiger partial charge in [0.25, 0.3) is 0 Å². The summed E-state index contributed by atoms with van der Waals surface area (Å²) < 4.78 is 5.88. The Morgan fingerprint density at radius 1 is 0.875 bits per heavy atom. The number of hydrogen-bond donors (Lipinski definition) is 0. The molecule has 0 bridgehead atoms. The number of Topliss-reactive ketones (excluding diaryl/α,β-unsaturated/α-hetero) is 3. The van der Waals surface area contributed by atoms with Gasteiger partial charge in [0.1, 0.15) is 17.2 Å². The van der Waals surface area contributed by atoms with Crippen LogP contribution < -0.4 is 0 Å². The highest BCUT2D eigenvalue weighted by Gasteiger charge is 2.39. The Bertz CT molecular complexity index is 448. The van der Waals surface area contributed by atoms with Gasteiger partial charge in [-0.1, -0.05) is 44.4 Å². The smallest absolute Gasteiger partial charge is 0.162 e. The predicted octanol–water partition coefficient (Wildman–Crippen LogP) is 4.26. The van der Waals surface area contributed by atoms with Crippen LogP contribution in [0.15, 0.2) is 0 Å². The fourth-order valence-corrected chi connectivity index (χ4v) is 17.0. The van der Waals surface area contributed by atoms with Crippen LogP contribution in [0.1, 0.15) is 40.0 Å². The molecule has 0 atom stereocenters. The molecule has 0 saturated carbocycles. The monoisotopic (exact) mass is 372 g/mol. The highest BCUT2D eigenvalue weighted by Crippen LogP contribution is 2.27. The van der Waals surface area contributed by atoms with Crippen molar-refractivity contribution < 1.29 is 19.1 Å². The number of hydrogen-bond acceptors (Lipinski definition) is 4. The first-order chi connectivity index (χ1) is 10.7. The van der Waals surface area contributed by atoms with E-state index in [0.29, 0.717) is 6.61 Å². The lowest BCUT2D eigenvalue weighted by Crippen LogP contribution is -2.44. The van der Waals surface area contributed by atoms with E-state index < -0.39 is 21.7 Å². The van der Waals surface area contributed by atoms with E-state index in [4.69, 9.17) is 4.74 Å². The van der Waals surface area contributed by atoms with Crippen LogP contribution in [0.5, 0.6) is 0 Å². The predicted molar refractivity (Wildman–Crippen MR) is 105 cm³/mol. The highest BCUT2D eigenvalue weighted by atomic mass is 28.4. The van der Waals surface area contributed by atoms with Gasteiger partial charge in [0.05, 0.1) is 0 Å². The minimum atomic E-state index is -1.26. The molecule has 0 saturated heterocycles. The molecule has 0 fully saturated rings. The Morgan fingerprint density at radius 2 is 1.33 bits per heavy atom. The molecular weight excluding hydrogens is 336 g/mol.